The van der Waals surface area contributed by atoms with Crippen LogP contribution in [0.25, 0.3) is 6.08 Å². The Kier molecular flexibility index (Phi) is 7.22. The van der Waals surface area contributed by atoms with E-state index in [0.717, 1.165) is 6.07 Å². The van der Waals surface area contributed by atoms with Gasteiger partial charge in [0.2, 0.25) is 11.8 Å². The number of carbonyl (C=O) groups is 3. The lowest BCUT2D eigenvalue weighted by molar-refractivity contribution is -0.402. The molecule has 4 rings (SSSR count). The fourth-order valence-electron chi connectivity index (χ4n) is 4.13. The van der Waals surface area contributed by atoms with Crippen molar-refractivity contribution in [3.63, 3.8) is 0 Å². The minimum absolute atomic E-state index is 0.0649. The molecular formula is C23H24FN5O8. The molecule has 1 aromatic carbocycles. The first kappa shape index (κ1) is 25.8. The molecule has 0 unspecified atom stereocenters. The number of amides is 3. The van der Waals surface area contributed by atoms with Crippen molar-refractivity contribution in [3.8, 4) is 0 Å². The summed E-state index contributed by atoms with van der Waals surface area (Å²) in [5.41, 5.74) is 0.108. The largest absolute Gasteiger partial charge is 0.627 e. The maximum Gasteiger partial charge on any atom is 0.433 e. The van der Waals surface area contributed by atoms with Gasteiger partial charge in [-0.3, -0.25) is 24.6 Å². The summed E-state index contributed by atoms with van der Waals surface area (Å²) >= 11 is 0. The standard InChI is InChI=1S/C23H24FN5O8/c1-15(30)25-13-18-14-27(23(32)37-18)16-2-5-20(19(24)12-16)29(35)10-8-26(9-11-29)21(31)6-3-17-4-7-22(36-17)28(33)34/h2-7,12,18H,8-11,13-14H2,1H3,(H,25,30)/b6-3+/t18-/m0/s1. The van der Waals surface area contributed by atoms with Gasteiger partial charge in [0.25, 0.3) is 0 Å². The Morgan fingerprint density at radius 1 is 1.27 bits per heavy atom. The van der Waals surface area contributed by atoms with E-state index in [-0.39, 0.29) is 62.3 Å². The molecule has 1 N–H and O–H groups in total. The van der Waals surface area contributed by atoms with Gasteiger partial charge in [-0.05, 0) is 18.2 Å². The van der Waals surface area contributed by atoms with Crippen LogP contribution in [0.4, 0.5) is 26.4 Å². The van der Waals surface area contributed by atoms with Crippen LogP contribution in [-0.2, 0) is 14.3 Å². The lowest BCUT2D eigenvalue weighted by Gasteiger charge is -2.47. The number of quaternary nitrogens is 1. The van der Waals surface area contributed by atoms with Gasteiger partial charge in [-0.1, -0.05) is 0 Å². The highest BCUT2D eigenvalue weighted by Gasteiger charge is 2.35. The van der Waals surface area contributed by atoms with Crippen LogP contribution in [0, 0.1) is 21.1 Å². The molecule has 196 valence electrons. The summed E-state index contributed by atoms with van der Waals surface area (Å²) in [7, 11) is 0. The molecule has 2 aliphatic rings. The second-order valence-corrected chi connectivity index (χ2v) is 8.62. The van der Waals surface area contributed by atoms with Crippen molar-refractivity contribution >= 4 is 41.2 Å². The smallest absolute Gasteiger partial charge is 0.433 e. The molecule has 3 heterocycles. The van der Waals surface area contributed by atoms with Crippen molar-refractivity contribution < 1.29 is 32.9 Å². The van der Waals surface area contributed by atoms with Crippen LogP contribution in [0.2, 0.25) is 0 Å². The number of cyclic esters (lactones) is 1. The normalized spacial score (nSPS) is 19.2. The summed E-state index contributed by atoms with van der Waals surface area (Å²) in [6, 6.07) is 6.41. The molecular weight excluding hydrogens is 493 g/mol. The molecule has 3 amide bonds. The Balaban J connectivity index is 1.37. The van der Waals surface area contributed by atoms with E-state index in [4.69, 9.17) is 9.15 Å². The molecule has 2 aromatic rings. The van der Waals surface area contributed by atoms with Crippen molar-refractivity contribution in [3.05, 3.63) is 63.3 Å². The van der Waals surface area contributed by atoms with Gasteiger partial charge in [0.05, 0.1) is 37.9 Å². The van der Waals surface area contributed by atoms with Crippen LogP contribution in [0.3, 0.4) is 0 Å². The van der Waals surface area contributed by atoms with E-state index in [1.807, 2.05) is 0 Å². The first-order valence-electron chi connectivity index (χ1n) is 11.4. The van der Waals surface area contributed by atoms with Crippen LogP contribution in [0.15, 0.2) is 40.8 Å². The number of hydroxylamine groups is 2. The summed E-state index contributed by atoms with van der Waals surface area (Å²) in [5, 5.41) is 26.6. The van der Waals surface area contributed by atoms with Gasteiger partial charge in [0.15, 0.2) is 11.5 Å². The zero-order chi connectivity index (χ0) is 26.7. The van der Waals surface area contributed by atoms with Crippen LogP contribution < -0.4 is 14.9 Å². The number of rotatable bonds is 7. The van der Waals surface area contributed by atoms with Crippen LogP contribution >= 0.6 is 0 Å². The topological polar surface area (TPSA) is 158 Å². The molecule has 13 nitrogen and oxygen atoms in total. The molecule has 0 bridgehead atoms. The lowest BCUT2D eigenvalue weighted by Crippen LogP contribution is -2.58. The number of hydrogen-bond acceptors (Lipinski definition) is 8. The Bertz CT molecular complexity index is 1250. The molecule has 37 heavy (non-hydrogen) atoms. The second-order valence-electron chi connectivity index (χ2n) is 8.62. The summed E-state index contributed by atoms with van der Waals surface area (Å²) in [6.45, 7) is 1.54. The zero-order valence-corrected chi connectivity index (χ0v) is 19.8. The highest BCUT2D eigenvalue weighted by Crippen LogP contribution is 2.32. The predicted octanol–water partition coefficient (Wildman–Crippen LogP) is 2.15. The van der Waals surface area contributed by atoms with Gasteiger partial charge in [0.1, 0.15) is 29.9 Å². The van der Waals surface area contributed by atoms with Gasteiger partial charge in [-0.25, -0.2) is 9.18 Å². The van der Waals surface area contributed by atoms with E-state index in [2.05, 4.69) is 5.32 Å². The third kappa shape index (κ3) is 5.76. The Hall–Kier alpha value is -4.30. The van der Waals surface area contributed by atoms with Gasteiger partial charge in [-0.2, -0.15) is 0 Å². The zero-order valence-electron chi connectivity index (χ0n) is 19.8. The molecule has 2 fully saturated rings. The number of nitrogens with one attached hydrogen (secondary N) is 1. The van der Waals surface area contributed by atoms with E-state index in [1.165, 1.54) is 53.1 Å². The third-order valence-electron chi connectivity index (χ3n) is 6.09. The fourth-order valence-corrected chi connectivity index (χ4v) is 4.13. The maximum absolute atomic E-state index is 15.0. The summed E-state index contributed by atoms with van der Waals surface area (Å²) < 4.78 is 24.2. The fraction of sp³-hybridized carbons (Fsp3) is 0.348. The lowest BCUT2D eigenvalue weighted by atomic mass is 10.2. The quantitative estimate of drug-likeness (QED) is 0.192. The average Bonchev–Trinajstić information content (AvgIpc) is 3.48. The Morgan fingerprint density at radius 3 is 2.62 bits per heavy atom. The van der Waals surface area contributed by atoms with Gasteiger partial charge < -0.3 is 29.2 Å². The highest BCUT2D eigenvalue weighted by molar-refractivity contribution is 5.92. The van der Waals surface area contributed by atoms with E-state index >= 15 is 4.39 Å². The number of anilines is 1. The van der Waals surface area contributed by atoms with Crippen LogP contribution in [0.5, 0.6) is 0 Å². The molecule has 2 aliphatic heterocycles. The number of piperazine rings is 1. The molecule has 1 aromatic heterocycles. The van der Waals surface area contributed by atoms with E-state index < -0.39 is 39.4 Å². The molecule has 0 radical (unpaired) electrons. The first-order chi connectivity index (χ1) is 17.6. The summed E-state index contributed by atoms with van der Waals surface area (Å²) in [4.78, 5) is 48.4. The van der Waals surface area contributed by atoms with Crippen molar-refractivity contribution in [2.24, 2.45) is 0 Å². The number of nitrogens with zero attached hydrogens (tertiary/aromatic N) is 4. The first-order valence-corrected chi connectivity index (χ1v) is 11.4. The van der Waals surface area contributed by atoms with Crippen molar-refractivity contribution in [2.75, 3.05) is 44.2 Å². The predicted molar refractivity (Wildman–Crippen MR) is 129 cm³/mol. The van der Waals surface area contributed by atoms with Crippen molar-refractivity contribution in [2.45, 2.75) is 13.0 Å². The minimum atomic E-state index is -0.987. The number of furan rings is 1. The number of hydrogen-bond donors (Lipinski definition) is 1. The van der Waals surface area contributed by atoms with Crippen LogP contribution in [-0.4, -0.2) is 73.1 Å². The Labute approximate surface area is 210 Å². The number of halogens is 1. The highest BCUT2D eigenvalue weighted by atomic mass is 19.1. The number of carbonyl (C=O) groups excluding carboxylic acids is 3. The van der Waals surface area contributed by atoms with Crippen molar-refractivity contribution in [1.29, 1.82) is 0 Å². The molecule has 0 spiro atoms. The summed E-state index contributed by atoms with van der Waals surface area (Å²) in [5.74, 6) is -1.78. The van der Waals surface area contributed by atoms with E-state index in [0.29, 0.717) is 0 Å². The number of nitro groups is 1. The minimum Gasteiger partial charge on any atom is -0.627 e. The summed E-state index contributed by atoms with van der Waals surface area (Å²) in [6.07, 6.45) is 1.22. The molecule has 2 saturated heterocycles. The molecule has 1 atom stereocenters. The third-order valence-corrected chi connectivity index (χ3v) is 6.09. The van der Waals surface area contributed by atoms with Gasteiger partial charge in [0, 0.05) is 25.1 Å². The SMILES string of the molecule is CC(=O)NC[C@H]1CN(c2ccc([N+]3([O-])CCN(C(=O)/C=C/c4ccc([N+](=O)[O-])o4)CC3)c(F)c2)C(=O)O1. The number of benzene rings is 1. The second kappa shape index (κ2) is 10.4. The maximum atomic E-state index is 15.0. The van der Waals surface area contributed by atoms with Gasteiger partial charge >= 0.3 is 12.0 Å². The van der Waals surface area contributed by atoms with E-state index in [9.17, 15) is 29.7 Å². The molecule has 14 heteroatoms. The van der Waals surface area contributed by atoms with Crippen molar-refractivity contribution in [1.82, 2.24) is 14.9 Å². The van der Waals surface area contributed by atoms with Crippen LogP contribution in [0.1, 0.15) is 12.7 Å². The van der Waals surface area contributed by atoms with E-state index in [1.54, 1.807) is 0 Å². The monoisotopic (exact) mass is 517 g/mol. The number of ether oxygens (including phenoxy) is 1. The van der Waals surface area contributed by atoms with Gasteiger partial charge in [-0.15, -0.1) is 0 Å². The molecule has 0 aliphatic carbocycles. The Morgan fingerprint density at radius 2 is 2.00 bits per heavy atom. The molecule has 0 saturated carbocycles. The average molecular weight is 517 g/mol.